The van der Waals surface area contributed by atoms with E-state index in [2.05, 4.69) is 14.8 Å². The van der Waals surface area contributed by atoms with Crippen molar-refractivity contribution in [3.8, 4) is 0 Å². The van der Waals surface area contributed by atoms with Crippen LogP contribution in [0.25, 0.3) is 0 Å². The molecule has 0 atom stereocenters. The molecule has 0 saturated carbocycles. The second kappa shape index (κ2) is 5.38. The Hall–Kier alpha value is -0.280. The number of ketones is 1. The van der Waals surface area contributed by atoms with Crippen molar-refractivity contribution in [2.45, 2.75) is 6.42 Å². The summed E-state index contributed by atoms with van der Waals surface area (Å²) in [6.07, 6.45) is 0.597. The highest BCUT2D eigenvalue weighted by Crippen LogP contribution is 2.13. The third-order valence-electron chi connectivity index (χ3n) is 1.50. The first-order valence-electron chi connectivity index (χ1n) is 3.66. The topological polar surface area (TPSA) is 17.1 Å². The van der Waals surface area contributed by atoms with Gasteiger partial charge in [0, 0.05) is 17.7 Å². The van der Waals surface area contributed by atoms with E-state index in [1.54, 1.807) is 0 Å². The third kappa shape index (κ3) is 2.99. The molecule has 1 nitrogen and oxygen atoms in total. The van der Waals surface area contributed by atoms with Crippen LogP contribution >= 0.6 is 25.0 Å². The lowest BCUT2D eigenvalue weighted by molar-refractivity contribution is 0.0989. The van der Waals surface area contributed by atoms with Crippen LogP contribution in [0.1, 0.15) is 16.8 Å². The Bertz CT molecular complexity index is 248. The molecule has 0 amide bonds. The molecule has 0 aliphatic rings. The molecule has 1 aromatic rings. The lowest BCUT2D eigenvalue weighted by Crippen LogP contribution is -1.98. The van der Waals surface area contributed by atoms with Gasteiger partial charge >= 0.3 is 0 Å². The summed E-state index contributed by atoms with van der Waals surface area (Å²) in [4.78, 5) is 11.4. The molecule has 12 heavy (non-hydrogen) atoms. The van der Waals surface area contributed by atoms with Crippen LogP contribution in [0.3, 0.4) is 0 Å². The Morgan fingerprint density at radius 2 is 2.00 bits per heavy atom. The molecule has 0 aliphatic heterocycles. The van der Waals surface area contributed by atoms with E-state index in [1.807, 2.05) is 30.3 Å². The number of Topliss-reactive ketones (excluding diaryl/α,β-unsaturated/α-hetero) is 1. The average Bonchev–Trinajstić information content (AvgIpc) is 2.15. The van der Waals surface area contributed by atoms with Gasteiger partial charge in [0.2, 0.25) is 0 Å². The molecule has 1 rings (SSSR count). The third-order valence-corrected chi connectivity index (χ3v) is 2.83. The van der Waals surface area contributed by atoms with Crippen LogP contribution in [0.5, 0.6) is 0 Å². The van der Waals surface area contributed by atoms with Crippen LogP contribution < -0.4 is 0 Å². The summed E-state index contributed by atoms with van der Waals surface area (Å²) in [5.41, 5.74) is 0.805. The van der Waals surface area contributed by atoms with Crippen LogP contribution in [0.2, 0.25) is 0 Å². The molecule has 0 bridgehead atoms. The number of halogens is 1. The average molecular weight is 245 g/mol. The molecule has 0 fully saturated rings. The largest absolute Gasteiger partial charge is 0.294 e. The lowest BCUT2D eigenvalue weighted by atomic mass is 10.1. The van der Waals surface area contributed by atoms with Gasteiger partial charge in [-0.2, -0.15) is 0 Å². The molecule has 64 valence electrons. The van der Waals surface area contributed by atoms with E-state index in [0.717, 1.165) is 11.3 Å². The van der Waals surface area contributed by atoms with Gasteiger partial charge in [-0.1, -0.05) is 40.5 Å². The van der Waals surface area contributed by atoms with Crippen molar-refractivity contribution in [2.24, 2.45) is 0 Å². The fourth-order valence-electron chi connectivity index (χ4n) is 0.900. The van der Waals surface area contributed by atoms with Crippen molar-refractivity contribution in [3.63, 3.8) is 0 Å². The summed E-state index contributed by atoms with van der Waals surface area (Å²) in [6.45, 7) is 0. The second-order valence-corrected chi connectivity index (χ2v) is 4.35. The molecule has 0 unspecified atom stereocenters. The highest BCUT2D eigenvalue weighted by atomic mass is 79.9. The lowest BCUT2D eigenvalue weighted by Gasteiger charge is -1.97. The van der Waals surface area contributed by atoms with E-state index in [4.69, 9.17) is 0 Å². The van der Waals surface area contributed by atoms with Crippen molar-refractivity contribution < 1.29 is 4.79 Å². The van der Waals surface area contributed by atoms with E-state index >= 15 is 0 Å². The smallest absolute Gasteiger partial charge is 0.163 e. The van der Waals surface area contributed by atoms with E-state index in [1.165, 1.54) is 10.2 Å². The van der Waals surface area contributed by atoms with Gasteiger partial charge in [0.15, 0.2) is 5.78 Å². The number of benzene rings is 1. The number of hydrogen-bond donors (Lipinski definition) is 0. The first-order valence-corrected chi connectivity index (χ1v) is 6.49. The fourth-order valence-corrected chi connectivity index (χ4v) is 1.65. The molecule has 0 radical (unpaired) electrons. The zero-order valence-corrected chi connectivity index (χ0v) is 8.90. The minimum atomic E-state index is 0.211. The second-order valence-electron chi connectivity index (χ2n) is 2.35. The SMILES string of the molecule is O=C(CCSBr)c1ccccc1. The van der Waals surface area contributed by atoms with Crippen LogP contribution in [-0.2, 0) is 0 Å². The zero-order valence-electron chi connectivity index (χ0n) is 6.50. The van der Waals surface area contributed by atoms with Gasteiger partial charge < -0.3 is 0 Å². The molecule has 0 aliphatic carbocycles. The summed E-state index contributed by atoms with van der Waals surface area (Å²) < 4.78 is 0. The Morgan fingerprint density at radius 3 is 2.58 bits per heavy atom. The maximum atomic E-state index is 11.4. The maximum absolute atomic E-state index is 11.4. The van der Waals surface area contributed by atoms with Gasteiger partial charge in [-0.15, -0.1) is 0 Å². The van der Waals surface area contributed by atoms with E-state index in [-0.39, 0.29) is 5.78 Å². The van der Waals surface area contributed by atoms with Gasteiger partial charge in [0.25, 0.3) is 0 Å². The highest BCUT2D eigenvalue weighted by molar-refractivity contribution is 9.50. The molecule has 1 aromatic carbocycles. The summed E-state index contributed by atoms with van der Waals surface area (Å²) in [7, 11) is 1.52. The molecule has 0 saturated heterocycles. The standard InChI is InChI=1S/C9H9BrOS/c10-12-7-6-9(11)8-4-2-1-3-5-8/h1-5H,6-7H2. The minimum Gasteiger partial charge on any atom is -0.294 e. The van der Waals surface area contributed by atoms with Crippen LogP contribution in [0.4, 0.5) is 0 Å². The van der Waals surface area contributed by atoms with Gasteiger partial charge in [0.05, 0.1) is 0 Å². The molecular formula is C9H9BrOS. The summed E-state index contributed by atoms with van der Waals surface area (Å²) in [6, 6.07) is 9.38. The van der Waals surface area contributed by atoms with Crippen molar-refractivity contribution in [3.05, 3.63) is 35.9 Å². The molecular weight excluding hydrogens is 236 g/mol. The quantitative estimate of drug-likeness (QED) is 0.757. The Kier molecular flexibility index (Phi) is 4.40. The van der Waals surface area contributed by atoms with Crippen molar-refractivity contribution in [2.75, 3.05) is 5.75 Å². The maximum Gasteiger partial charge on any atom is 0.163 e. The molecule has 0 aromatic heterocycles. The molecule has 0 heterocycles. The first-order chi connectivity index (χ1) is 5.84. The van der Waals surface area contributed by atoms with Crippen molar-refractivity contribution in [1.29, 1.82) is 0 Å². The number of rotatable bonds is 4. The monoisotopic (exact) mass is 244 g/mol. The van der Waals surface area contributed by atoms with Crippen LogP contribution in [-0.4, -0.2) is 11.5 Å². The Balaban J connectivity index is 2.54. The van der Waals surface area contributed by atoms with E-state index in [0.29, 0.717) is 6.42 Å². The van der Waals surface area contributed by atoms with Gasteiger partial charge in [-0.3, -0.25) is 4.79 Å². The first kappa shape index (κ1) is 9.81. The van der Waals surface area contributed by atoms with Gasteiger partial charge in [-0.05, 0) is 14.8 Å². The Labute approximate surface area is 83.8 Å². The molecule has 3 heteroatoms. The summed E-state index contributed by atoms with van der Waals surface area (Å²) in [5, 5.41) is 0. The summed E-state index contributed by atoms with van der Waals surface area (Å²) in [5.74, 6) is 1.04. The predicted molar refractivity (Wildman–Crippen MR) is 56.8 cm³/mol. The fraction of sp³-hybridized carbons (Fsp3) is 0.222. The van der Waals surface area contributed by atoms with Gasteiger partial charge in [-0.25, -0.2) is 0 Å². The number of carbonyl (C=O) groups is 1. The molecule has 0 spiro atoms. The van der Waals surface area contributed by atoms with E-state index < -0.39 is 0 Å². The van der Waals surface area contributed by atoms with Crippen molar-refractivity contribution >= 4 is 30.8 Å². The van der Waals surface area contributed by atoms with Crippen LogP contribution in [0, 0.1) is 0 Å². The van der Waals surface area contributed by atoms with Crippen LogP contribution in [0.15, 0.2) is 30.3 Å². The highest BCUT2D eigenvalue weighted by Gasteiger charge is 2.02. The Morgan fingerprint density at radius 1 is 1.33 bits per heavy atom. The number of hydrogen-bond acceptors (Lipinski definition) is 2. The normalized spacial score (nSPS) is 9.75. The van der Waals surface area contributed by atoms with Gasteiger partial charge in [0.1, 0.15) is 0 Å². The zero-order chi connectivity index (χ0) is 8.81. The minimum absolute atomic E-state index is 0.211. The van der Waals surface area contributed by atoms with E-state index in [9.17, 15) is 4.79 Å². The predicted octanol–water partition coefficient (Wildman–Crippen LogP) is 3.30. The van der Waals surface area contributed by atoms with Crippen molar-refractivity contribution in [1.82, 2.24) is 0 Å². The molecule has 0 N–H and O–H groups in total. The number of carbonyl (C=O) groups excluding carboxylic acids is 1. The summed E-state index contributed by atoms with van der Waals surface area (Å²) >= 11 is 3.21.